The molecule has 1 rings (SSSR count). The van der Waals surface area contributed by atoms with Crippen molar-refractivity contribution in [1.29, 1.82) is 0 Å². The van der Waals surface area contributed by atoms with E-state index < -0.39 is 0 Å². The summed E-state index contributed by atoms with van der Waals surface area (Å²) in [5.41, 5.74) is 6.01. The molecule has 76 valence electrons. The average molecular weight is 211 g/mol. The Morgan fingerprint density at radius 3 is 2.64 bits per heavy atom. The van der Waals surface area contributed by atoms with Gasteiger partial charge in [0.15, 0.2) is 0 Å². The summed E-state index contributed by atoms with van der Waals surface area (Å²) in [5, 5.41) is 0. The largest absolute Gasteiger partial charge is 0.475 e. The van der Waals surface area contributed by atoms with Crippen molar-refractivity contribution in [3.63, 3.8) is 0 Å². The van der Waals surface area contributed by atoms with E-state index in [1.54, 1.807) is 13.0 Å². The van der Waals surface area contributed by atoms with Crippen LogP contribution >= 0.6 is 12.2 Å². The summed E-state index contributed by atoms with van der Waals surface area (Å²) < 4.78 is 5.42. The summed E-state index contributed by atoms with van der Waals surface area (Å²) >= 11 is 4.83. The van der Waals surface area contributed by atoms with Crippen LogP contribution in [0, 0.1) is 6.92 Å². The second kappa shape index (κ2) is 4.32. The Balaban J connectivity index is 3.01. The number of ether oxygens (including phenoxy) is 1. The summed E-state index contributed by atoms with van der Waals surface area (Å²) in [6.07, 6.45) is 0.0727. The molecule has 0 atom stereocenters. The molecule has 0 saturated carbocycles. The Kier molecular flexibility index (Phi) is 3.35. The second-order valence-electron chi connectivity index (χ2n) is 3.17. The molecule has 4 nitrogen and oxygen atoms in total. The van der Waals surface area contributed by atoms with E-state index in [1.165, 1.54) is 0 Å². The van der Waals surface area contributed by atoms with Crippen molar-refractivity contribution >= 4 is 17.2 Å². The van der Waals surface area contributed by atoms with E-state index in [2.05, 4.69) is 9.97 Å². The minimum Gasteiger partial charge on any atom is -0.475 e. The van der Waals surface area contributed by atoms with Crippen LogP contribution in [0.1, 0.15) is 25.4 Å². The number of nitrogens with zero attached hydrogens (tertiary/aromatic N) is 2. The van der Waals surface area contributed by atoms with Gasteiger partial charge in [0.25, 0.3) is 0 Å². The molecule has 0 saturated heterocycles. The van der Waals surface area contributed by atoms with Crippen molar-refractivity contribution in [2.24, 2.45) is 5.73 Å². The molecule has 0 aliphatic carbocycles. The number of hydrogen-bond acceptors (Lipinski definition) is 4. The van der Waals surface area contributed by atoms with Crippen LogP contribution in [0.3, 0.4) is 0 Å². The predicted octanol–water partition coefficient (Wildman–Crippen LogP) is 1.21. The van der Waals surface area contributed by atoms with Crippen LogP contribution in [0.4, 0.5) is 0 Å². The van der Waals surface area contributed by atoms with Crippen LogP contribution in [-0.2, 0) is 0 Å². The zero-order valence-corrected chi connectivity index (χ0v) is 9.26. The van der Waals surface area contributed by atoms with Crippen LogP contribution < -0.4 is 10.5 Å². The monoisotopic (exact) mass is 211 g/mol. The van der Waals surface area contributed by atoms with Gasteiger partial charge in [-0.1, -0.05) is 12.2 Å². The number of thiocarbonyl (C=S) groups is 1. The lowest BCUT2D eigenvalue weighted by Crippen LogP contribution is -2.15. The zero-order chi connectivity index (χ0) is 10.7. The van der Waals surface area contributed by atoms with Crippen LogP contribution in [0.15, 0.2) is 6.07 Å². The Morgan fingerprint density at radius 2 is 2.14 bits per heavy atom. The molecule has 2 N–H and O–H groups in total. The first kappa shape index (κ1) is 10.8. The van der Waals surface area contributed by atoms with Gasteiger partial charge in [-0.25, -0.2) is 4.98 Å². The summed E-state index contributed by atoms with van der Waals surface area (Å²) in [4.78, 5) is 8.44. The van der Waals surface area contributed by atoms with Crippen LogP contribution in [0.5, 0.6) is 5.88 Å². The smallest absolute Gasteiger partial charge is 0.217 e. The molecular formula is C9H13N3OS. The lowest BCUT2D eigenvalue weighted by Gasteiger charge is -2.09. The number of hydrogen-bond donors (Lipinski definition) is 1. The Labute approximate surface area is 88.5 Å². The zero-order valence-electron chi connectivity index (χ0n) is 8.44. The molecule has 5 heteroatoms. The van der Waals surface area contributed by atoms with Crippen LogP contribution in [0.2, 0.25) is 0 Å². The molecule has 0 fully saturated rings. The molecule has 0 radical (unpaired) electrons. The molecule has 0 aliphatic rings. The average Bonchev–Trinajstić information content (AvgIpc) is 2.01. The van der Waals surface area contributed by atoms with Crippen LogP contribution in [-0.4, -0.2) is 21.1 Å². The fourth-order valence-corrected chi connectivity index (χ4v) is 1.07. The molecule has 0 bridgehead atoms. The summed E-state index contributed by atoms with van der Waals surface area (Å²) in [6, 6.07) is 1.65. The Hall–Kier alpha value is -1.23. The lowest BCUT2D eigenvalue weighted by molar-refractivity contribution is 0.231. The third-order valence-electron chi connectivity index (χ3n) is 1.42. The highest BCUT2D eigenvalue weighted by Gasteiger charge is 2.06. The fraction of sp³-hybridized carbons (Fsp3) is 0.444. The van der Waals surface area contributed by atoms with Gasteiger partial charge in [0.1, 0.15) is 16.5 Å². The third kappa shape index (κ3) is 2.92. The Morgan fingerprint density at radius 1 is 1.50 bits per heavy atom. The van der Waals surface area contributed by atoms with Gasteiger partial charge in [-0.3, -0.25) is 0 Å². The molecule has 0 spiro atoms. The van der Waals surface area contributed by atoms with Gasteiger partial charge in [-0.15, -0.1) is 0 Å². The number of nitrogens with two attached hydrogens (primary N) is 1. The molecule has 1 aromatic rings. The number of rotatable bonds is 3. The quantitative estimate of drug-likeness (QED) is 0.761. The van der Waals surface area contributed by atoms with Crippen molar-refractivity contribution < 1.29 is 4.74 Å². The maximum atomic E-state index is 5.47. The van der Waals surface area contributed by atoms with Gasteiger partial charge in [0.05, 0.1) is 6.10 Å². The van der Waals surface area contributed by atoms with Gasteiger partial charge in [0, 0.05) is 6.07 Å². The second-order valence-corrected chi connectivity index (χ2v) is 3.61. The number of aryl methyl sites for hydroxylation is 1. The molecular weight excluding hydrogens is 198 g/mol. The van der Waals surface area contributed by atoms with Gasteiger partial charge in [-0.05, 0) is 20.8 Å². The molecule has 0 amide bonds. The first-order valence-corrected chi connectivity index (χ1v) is 4.72. The minimum absolute atomic E-state index is 0.0727. The van der Waals surface area contributed by atoms with Crippen molar-refractivity contribution in [2.45, 2.75) is 26.9 Å². The maximum absolute atomic E-state index is 5.47. The van der Waals surface area contributed by atoms with Gasteiger partial charge >= 0.3 is 0 Å². The van der Waals surface area contributed by atoms with E-state index in [4.69, 9.17) is 22.7 Å². The van der Waals surface area contributed by atoms with E-state index in [0.717, 1.165) is 0 Å². The minimum atomic E-state index is 0.0727. The van der Waals surface area contributed by atoms with Crippen molar-refractivity contribution in [2.75, 3.05) is 0 Å². The topological polar surface area (TPSA) is 61.0 Å². The van der Waals surface area contributed by atoms with E-state index >= 15 is 0 Å². The normalized spacial score (nSPS) is 10.3. The first-order valence-electron chi connectivity index (χ1n) is 4.31. The summed E-state index contributed by atoms with van der Waals surface area (Å²) in [5.74, 6) is 1.11. The van der Waals surface area contributed by atoms with E-state index in [9.17, 15) is 0 Å². The molecule has 0 aliphatic heterocycles. The van der Waals surface area contributed by atoms with E-state index in [1.807, 2.05) is 13.8 Å². The van der Waals surface area contributed by atoms with E-state index in [0.29, 0.717) is 17.4 Å². The van der Waals surface area contributed by atoms with Gasteiger partial charge in [0.2, 0.25) is 5.88 Å². The van der Waals surface area contributed by atoms with Crippen molar-refractivity contribution in [3.8, 4) is 5.88 Å². The first-order chi connectivity index (χ1) is 6.49. The lowest BCUT2D eigenvalue weighted by atomic mass is 10.4. The van der Waals surface area contributed by atoms with Crippen molar-refractivity contribution in [3.05, 3.63) is 17.6 Å². The van der Waals surface area contributed by atoms with Gasteiger partial charge < -0.3 is 10.5 Å². The SMILES string of the molecule is Cc1nc(OC(C)C)cc(C(N)=S)n1. The van der Waals surface area contributed by atoms with Crippen LogP contribution in [0.25, 0.3) is 0 Å². The molecule has 14 heavy (non-hydrogen) atoms. The fourth-order valence-electron chi connectivity index (χ4n) is 0.968. The molecule has 1 heterocycles. The maximum Gasteiger partial charge on any atom is 0.217 e. The van der Waals surface area contributed by atoms with Crippen molar-refractivity contribution in [1.82, 2.24) is 9.97 Å². The predicted molar refractivity (Wildman–Crippen MR) is 58.4 cm³/mol. The highest BCUT2D eigenvalue weighted by Crippen LogP contribution is 2.10. The highest BCUT2D eigenvalue weighted by molar-refractivity contribution is 7.80. The molecule has 0 aromatic carbocycles. The standard InChI is InChI=1S/C9H13N3OS/c1-5(2)13-8-4-7(9(10)14)11-6(3)12-8/h4-5H,1-3H3,(H2,10,14). The Bertz CT molecular complexity index is 352. The third-order valence-corrected chi connectivity index (χ3v) is 1.63. The number of aromatic nitrogens is 2. The summed E-state index contributed by atoms with van der Waals surface area (Å²) in [6.45, 7) is 5.63. The molecule has 0 unspecified atom stereocenters. The highest BCUT2D eigenvalue weighted by atomic mass is 32.1. The van der Waals surface area contributed by atoms with E-state index in [-0.39, 0.29) is 11.1 Å². The van der Waals surface area contributed by atoms with Gasteiger partial charge in [-0.2, -0.15) is 4.98 Å². The molecule has 1 aromatic heterocycles. The summed E-state index contributed by atoms with van der Waals surface area (Å²) in [7, 11) is 0.